The van der Waals surface area contributed by atoms with Crippen molar-refractivity contribution in [1.29, 1.82) is 0 Å². The third kappa shape index (κ3) is 4.08. The third-order valence-corrected chi connectivity index (χ3v) is 7.34. The van der Waals surface area contributed by atoms with Crippen LogP contribution in [0.5, 0.6) is 11.5 Å². The van der Waals surface area contributed by atoms with Gasteiger partial charge in [0.15, 0.2) is 11.5 Å². The van der Waals surface area contributed by atoms with Gasteiger partial charge in [0, 0.05) is 30.4 Å². The van der Waals surface area contributed by atoms with E-state index in [0.29, 0.717) is 18.7 Å². The van der Waals surface area contributed by atoms with Crippen LogP contribution in [0.1, 0.15) is 57.6 Å². The summed E-state index contributed by atoms with van der Waals surface area (Å²) in [6.07, 6.45) is 3.28. The Morgan fingerprint density at radius 1 is 1.12 bits per heavy atom. The minimum Gasteiger partial charge on any atom is -0.481 e. The smallest absolute Gasteiger partial charge is 0.303 e. The van der Waals surface area contributed by atoms with E-state index in [2.05, 4.69) is 43.1 Å². The van der Waals surface area contributed by atoms with Crippen molar-refractivity contribution >= 4 is 23.3 Å². The summed E-state index contributed by atoms with van der Waals surface area (Å²) in [5.41, 5.74) is 3.63. The number of benzene rings is 2. The molecule has 2 aromatic rings. The van der Waals surface area contributed by atoms with Crippen molar-refractivity contribution < 1.29 is 24.2 Å². The van der Waals surface area contributed by atoms with Crippen LogP contribution in [0, 0.1) is 5.41 Å². The molecule has 2 N–H and O–H groups in total. The van der Waals surface area contributed by atoms with Gasteiger partial charge in [0.1, 0.15) is 0 Å². The molecule has 1 fully saturated rings. The van der Waals surface area contributed by atoms with Gasteiger partial charge in [0.05, 0.1) is 5.41 Å². The van der Waals surface area contributed by atoms with Crippen molar-refractivity contribution in [3.05, 3.63) is 47.5 Å². The van der Waals surface area contributed by atoms with E-state index in [4.69, 9.17) is 14.6 Å². The minimum absolute atomic E-state index is 0.00926. The number of amides is 1. The van der Waals surface area contributed by atoms with Gasteiger partial charge in [-0.15, -0.1) is 0 Å². The van der Waals surface area contributed by atoms with Crippen molar-refractivity contribution in [2.75, 3.05) is 23.6 Å². The molecule has 1 saturated carbocycles. The van der Waals surface area contributed by atoms with Gasteiger partial charge in [0.2, 0.25) is 12.7 Å². The van der Waals surface area contributed by atoms with E-state index in [1.165, 1.54) is 5.56 Å². The quantitative estimate of drug-likeness (QED) is 0.616. The molecule has 2 heterocycles. The number of hydrogen-bond acceptors (Lipinski definition) is 5. The number of fused-ring (bicyclic) bond motifs is 2. The van der Waals surface area contributed by atoms with Gasteiger partial charge in [-0.2, -0.15) is 0 Å². The number of anilines is 2. The van der Waals surface area contributed by atoms with Crippen molar-refractivity contribution in [3.63, 3.8) is 0 Å². The first-order valence-electron chi connectivity index (χ1n) is 12.0. The fourth-order valence-corrected chi connectivity index (χ4v) is 5.26. The molecule has 3 aliphatic rings. The Bertz CT molecular complexity index is 1130. The monoisotopic (exact) mass is 464 g/mol. The van der Waals surface area contributed by atoms with E-state index < -0.39 is 11.4 Å². The molecule has 2 aliphatic heterocycles. The van der Waals surface area contributed by atoms with E-state index >= 15 is 0 Å². The molecule has 0 radical (unpaired) electrons. The van der Waals surface area contributed by atoms with E-state index in [1.807, 2.05) is 24.3 Å². The van der Waals surface area contributed by atoms with Gasteiger partial charge in [-0.25, -0.2) is 0 Å². The van der Waals surface area contributed by atoms with Crippen molar-refractivity contribution in [2.24, 2.45) is 5.41 Å². The summed E-state index contributed by atoms with van der Waals surface area (Å²) >= 11 is 0. The highest BCUT2D eigenvalue weighted by atomic mass is 16.7. The Kier molecular flexibility index (Phi) is 5.46. The maximum Gasteiger partial charge on any atom is 0.303 e. The molecule has 0 bridgehead atoms. The minimum atomic E-state index is -0.763. The molecule has 34 heavy (non-hydrogen) atoms. The number of carboxylic acids is 1. The van der Waals surface area contributed by atoms with Gasteiger partial charge in [0.25, 0.3) is 0 Å². The molecule has 7 nitrogen and oxygen atoms in total. The van der Waals surface area contributed by atoms with E-state index in [0.717, 1.165) is 42.0 Å². The summed E-state index contributed by atoms with van der Waals surface area (Å²) in [5.74, 6) is 0.668. The SMILES string of the molecule is CC(C)(C)C1Cc2cc(NC(=O)C3(c4ccc5c(c4)OCO5)CC3)ccc2N1CCCC(=O)O. The molecule has 0 saturated heterocycles. The molecular weight excluding hydrogens is 432 g/mol. The largest absolute Gasteiger partial charge is 0.481 e. The average molecular weight is 465 g/mol. The van der Waals surface area contributed by atoms with Crippen molar-refractivity contribution in [1.82, 2.24) is 0 Å². The fourth-order valence-electron chi connectivity index (χ4n) is 5.26. The lowest BCUT2D eigenvalue weighted by molar-refractivity contribution is -0.137. The number of nitrogens with one attached hydrogen (secondary N) is 1. The summed E-state index contributed by atoms with van der Waals surface area (Å²) < 4.78 is 10.9. The maximum atomic E-state index is 13.3. The van der Waals surface area contributed by atoms with Crippen LogP contribution in [0.2, 0.25) is 0 Å². The molecule has 7 heteroatoms. The second kappa shape index (κ2) is 8.22. The first-order chi connectivity index (χ1) is 16.2. The van der Waals surface area contributed by atoms with Crippen LogP contribution in [0.25, 0.3) is 0 Å². The van der Waals surface area contributed by atoms with Crippen LogP contribution in [0.4, 0.5) is 11.4 Å². The standard InChI is InChI=1S/C27H32N2O5/c1-26(2,3)23-14-17-13-19(7-8-20(17)29(23)12-4-5-24(30)31)28-25(32)27(10-11-27)18-6-9-21-22(15-18)34-16-33-21/h6-9,13,15,23H,4-5,10-12,14,16H2,1-3H3,(H,28,32)(H,30,31). The number of rotatable bonds is 7. The Morgan fingerprint density at radius 2 is 1.88 bits per heavy atom. The lowest BCUT2D eigenvalue weighted by atomic mass is 9.84. The highest BCUT2D eigenvalue weighted by Gasteiger charge is 2.51. The van der Waals surface area contributed by atoms with Crippen LogP contribution in [0.3, 0.4) is 0 Å². The number of carbonyl (C=O) groups is 2. The van der Waals surface area contributed by atoms with Crippen molar-refractivity contribution in [2.45, 2.75) is 64.3 Å². The molecular formula is C27H32N2O5. The zero-order valence-electron chi connectivity index (χ0n) is 20.0. The number of hydrogen-bond donors (Lipinski definition) is 2. The highest BCUT2D eigenvalue weighted by Crippen LogP contribution is 2.51. The molecule has 2 aromatic carbocycles. The fraction of sp³-hybridized carbons (Fsp3) is 0.481. The van der Waals surface area contributed by atoms with Crippen LogP contribution in [-0.4, -0.2) is 36.4 Å². The Morgan fingerprint density at radius 3 is 2.59 bits per heavy atom. The zero-order valence-corrected chi connectivity index (χ0v) is 20.0. The number of carbonyl (C=O) groups excluding carboxylic acids is 1. The summed E-state index contributed by atoms with van der Waals surface area (Å²) in [5, 5.41) is 12.2. The molecule has 180 valence electrons. The van der Waals surface area contributed by atoms with Gasteiger partial charge >= 0.3 is 5.97 Å². The Hall–Kier alpha value is -3.22. The predicted molar refractivity (Wildman–Crippen MR) is 130 cm³/mol. The first-order valence-corrected chi connectivity index (χ1v) is 12.0. The lowest BCUT2D eigenvalue weighted by Gasteiger charge is -2.37. The topological polar surface area (TPSA) is 88.1 Å². The van der Waals surface area contributed by atoms with Crippen molar-refractivity contribution in [3.8, 4) is 11.5 Å². The number of carboxylic acid groups (broad SMARTS) is 1. The Balaban J connectivity index is 1.34. The summed E-state index contributed by atoms with van der Waals surface area (Å²) in [7, 11) is 0. The van der Waals surface area contributed by atoms with Gasteiger partial charge < -0.3 is 24.8 Å². The lowest BCUT2D eigenvalue weighted by Crippen LogP contribution is -2.42. The summed E-state index contributed by atoms with van der Waals surface area (Å²) in [6, 6.07) is 12.2. The van der Waals surface area contributed by atoms with Gasteiger partial charge in [-0.1, -0.05) is 26.8 Å². The van der Waals surface area contributed by atoms with E-state index in [-0.39, 0.29) is 30.6 Å². The molecule has 0 aromatic heterocycles. The molecule has 1 aliphatic carbocycles. The van der Waals surface area contributed by atoms with Crippen LogP contribution < -0.4 is 19.7 Å². The third-order valence-electron chi connectivity index (χ3n) is 7.34. The second-order valence-electron chi connectivity index (χ2n) is 10.7. The molecule has 1 unspecified atom stereocenters. The Labute approximate surface area is 200 Å². The van der Waals surface area contributed by atoms with E-state index in [1.54, 1.807) is 0 Å². The summed E-state index contributed by atoms with van der Waals surface area (Å²) in [4.78, 5) is 26.7. The first kappa shape index (κ1) is 22.6. The average Bonchev–Trinajstić information content (AvgIpc) is 3.31. The maximum absolute atomic E-state index is 13.3. The van der Waals surface area contributed by atoms with Crippen LogP contribution in [-0.2, 0) is 21.4 Å². The molecule has 1 atom stereocenters. The predicted octanol–water partition coefficient (Wildman–Crippen LogP) is 4.73. The van der Waals surface area contributed by atoms with Crippen LogP contribution >= 0.6 is 0 Å². The number of aliphatic carboxylic acids is 1. The van der Waals surface area contributed by atoms with Gasteiger partial charge in [-0.3, -0.25) is 9.59 Å². The number of ether oxygens (including phenoxy) is 2. The van der Waals surface area contributed by atoms with Gasteiger partial charge in [-0.05, 0) is 72.6 Å². The molecule has 1 amide bonds. The van der Waals surface area contributed by atoms with Crippen LogP contribution in [0.15, 0.2) is 36.4 Å². The molecule has 0 spiro atoms. The van der Waals surface area contributed by atoms with E-state index in [9.17, 15) is 9.59 Å². The molecule has 5 rings (SSSR count). The second-order valence-corrected chi connectivity index (χ2v) is 10.7. The zero-order chi connectivity index (χ0) is 24.1. The highest BCUT2D eigenvalue weighted by molar-refractivity contribution is 6.01. The summed E-state index contributed by atoms with van der Waals surface area (Å²) in [6.45, 7) is 7.59. The number of nitrogens with zero attached hydrogens (tertiary/aromatic N) is 1. The normalized spacial score (nSPS) is 19.6.